The molecule has 0 spiro atoms. The van der Waals surface area contributed by atoms with Crippen LogP contribution in [0.15, 0.2) is 0 Å². The van der Waals surface area contributed by atoms with Crippen LogP contribution in [-0.2, 0) is 4.84 Å². The Hall–Kier alpha value is -0.260. The van der Waals surface area contributed by atoms with Crippen LogP contribution in [0.5, 0.6) is 0 Å². The van der Waals surface area contributed by atoms with Gasteiger partial charge in [0.25, 0.3) is 5.92 Å². The van der Waals surface area contributed by atoms with Gasteiger partial charge in [-0.05, 0) is 25.9 Å². The quantitative estimate of drug-likeness (QED) is 0.622. The first kappa shape index (κ1) is 9.83. The minimum absolute atomic E-state index is 0.496. The SMILES string of the molecule is NOCC(F)(F)C1CCNCC1. The molecule has 1 aliphatic heterocycles. The standard InChI is InChI=1S/C7H14F2N2O/c8-7(9,5-12-10)6-1-3-11-4-2-6/h6,11H,1-5,10H2. The molecule has 0 aromatic heterocycles. The number of nitrogens with two attached hydrogens (primary N) is 1. The molecule has 1 rings (SSSR count). The van der Waals surface area contributed by atoms with Crippen molar-refractivity contribution in [1.29, 1.82) is 0 Å². The smallest absolute Gasteiger partial charge is 0.275 e. The highest BCUT2D eigenvalue weighted by Crippen LogP contribution is 2.31. The molecule has 12 heavy (non-hydrogen) atoms. The lowest BCUT2D eigenvalue weighted by Gasteiger charge is -2.29. The van der Waals surface area contributed by atoms with Crippen molar-refractivity contribution >= 4 is 0 Å². The van der Waals surface area contributed by atoms with E-state index in [4.69, 9.17) is 0 Å². The molecule has 0 aromatic rings. The third-order valence-corrected chi connectivity index (χ3v) is 2.21. The normalized spacial score (nSPS) is 21.2. The maximum atomic E-state index is 13.1. The molecule has 5 heteroatoms. The first-order valence-electron chi connectivity index (χ1n) is 4.07. The maximum Gasteiger partial charge on any atom is 0.275 e. The van der Waals surface area contributed by atoms with Crippen LogP contribution in [0.1, 0.15) is 12.8 Å². The fraction of sp³-hybridized carbons (Fsp3) is 1.00. The van der Waals surface area contributed by atoms with Crippen LogP contribution < -0.4 is 11.2 Å². The van der Waals surface area contributed by atoms with Gasteiger partial charge in [0.15, 0.2) is 0 Å². The van der Waals surface area contributed by atoms with Gasteiger partial charge in [-0.1, -0.05) is 0 Å². The Morgan fingerprint density at radius 1 is 1.42 bits per heavy atom. The first-order valence-corrected chi connectivity index (χ1v) is 4.07. The van der Waals surface area contributed by atoms with Crippen molar-refractivity contribution in [2.75, 3.05) is 19.7 Å². The summed E-state index contributed by atoms with van der Waals surface area (Å²) < 4.78 is 26.2. The van der Waals surface area contributed by atoms with Crippen molar-refractivity contribution in [3.05, 3.63) is 0 Å². The second kappa shape index (κ2) is 4.11. The van der Waals surface area contributed by atoms with Gasteiger partial charge in [0.2, 0.25) is 0 Å². The van der Waals surface area contributed by atoms with Crippen LogP contribution in [0.2, 0.25) is 0 Å². The van der Waals surface area contributed by atoms with Gasteiger partial charge in [-0.3, -0.25) is 4.84 Å². The number of piperidine rings is 1. The van der Waals surface area contributed by atoms with Crippen molar-refractivity contribution in [2.24, 2.45) is 11.8 Å². The molecule has 0 radical (unpaired) electrons. The molecule has 0 aliphatic carbocycles. The van der Waals surface area contributed by atoms with E-state index in [2.05, 4.69) is 16.1 Å². The number of hydrogen-bond acceptors (Lipinski definition) is 3. The Kier molecular flexibility index (Phi) is 3.37. The molecule has 3 nitrogen and oxygen atoms in total. The molecule has 3 N–H and O–H groups in total. The van der Waals surface area contributed by atoms with E-state index in [0.717, 1.165) is 0 Å². The van der Waals surface area contributed by atoms with Crippen molar-refractivity contribution in [3.63, 3.8) is 0 Å². The molecule has 0 saturated carbocycles. The van der Waals surface area contributed by atoms with Crippen LogP contribution in [-0.4, -0.2) is 25.6 Å². The minimum Gasteiger partial charge on any atom is -0.317 e. The predicted octanol–water partition coefficient (Wildman–Crippen LogP) is 0.512. The Labute approximate surface area is 70.2 Å². The number of hydrogen-bond donors (Lipinski definition) is 2. The van der Waals surface area contributed by atoms with Crippen molar-refractivity contribution in [1.82, 2.24) is 5.32 Å². The summed E-state index contributed by atoms with van der Waals surface area (Å²) in [4.78, 5) is 3.99. The first-order chi connectivity index (χ1) is 5.67. The second-order valence-electron chi connectivity index (χ2n) is 3.10. The molecule has 72 valence electrons. The number of alkyl halides is 2. The fourth-order valence-electron chi connectivity index (χ4n) is 1.47. The lowest BCUT2D eigenvalue weighted by molar-refractivity contribution is -0.125. The molecule has 0 amide bonds. The summed E-state index contributed by atoms with van der Waals surface area (Å²) in [6.45, 7) is 0.646. The minimum atomic E-state index is -2.77. The Balaban J connectivity index is 2.41. The summed E-state index contributed by atoms with van der Waals surface area (Å²) in [5.74, 6) is 1.28. The Morgan fingerprint density at radius 2 is 2.00 bits per heavy atom. The van der Waals surface area contributed by atoms with Crippen molar-refractivity contribution < 1.29 is 13.6 Å². The van der Waals surface area contributed by atoms with E-state index in [-0.39, 0.29) is 0 Å². The summed E-state index contributed by atoms with van der Waals surface area (Å²) in [7, 11) is 0. The molecule has 0 bridgehead atoms. The van der Waals surface area contributed by atoms with Gasteiger partial charge in [0.1, 0.15) is 6.61 Å². The van der Waals surface area contributed by atoms with Crippen molar-refractivity contribution in [2.45, 2.75) is 18.8 Å². The van der Waals surface area contributed by atoms with Crippen molar-refractivity contribution in [3.8, 4) is 0 Å². The van der Waals surface area contributed by atoms with E-state index >= 15 is 0 Å². The Bertz CT molecular complexity index is 137. The summed E-state index contributed by atoms with van der Waals surface area (Å²) in [5, 5.41) is 3.02. The van der Waals surface area contributed by atoms with Gasteiger partial charge in [-0.15, -0.1) is 0 Å². The number of nitrogens with one attached hydrogen (secondary N) is 1. The average Bonchev–Trinajstić information content (AvgIpc) is 2.06. The van der Waals surface area contributed by atoms with Gasteiger partial charge in [0, 0.05) is 5.92 Å². The lowest BCUT2D eigenvalue weighted by Crippen LogP contribution is -2.41. The van der Waals surface area contributed by atoms with Crippen LogP contribution in [0.3, 0.4) is 0 Å². The Morgan fingerprint density at radius 3 is 2.50 bits per heavy atom. The third kappa shape index (κ3) is 2.36. The van der Waals surface area contributed by atoms with Gasteiger partial charge >= 0.3 is 0 Å². The molecular formula is C7H14F2N2O. The van der Waals surface area contributed by atoms with Gasteiger partial charge in [-0.25, -0.2) is 14.7 Å². The van der Waals surface area contributed by atoms with E-state index in [1.54, 1.807) is 0 Å². The van der Waals surface area contributed by atoms with E-state index in [0.29, 0.717) is 25.9 Å². The van der Waals surface area contributed by atoms with Crippen LogP contribution in [0.4, 0.5) is 8.78 Å². The fourth-order valence-corrected chi connectivity index (χ4v) is 1.47. The lowest BCUT2D eigenvalue weighted by atomic mass is 9.92. The zero-order valence-corrected chi connectivity index (χ0v) is 6.85. The highest BCUT2D eigenvalue weighted by Gasteiger charge is 2.39. The van der Waals surface area contributed by atoms with E-state index in [1.807, 2.05) is 0 Å². The highest BCUT2D eigenvalue weighted by molar-refractivity contribution is 4.81. The molecule has 1 heterocycles. The molecule has 1 saturated heterocycles. The summed E-state index contributed by atoms with van der Waals surface area (Å²) in [6.07, 6.45) is 0.993. The van der Waals surface area contributed by atoms with E-state index < -0.39 is 18.4 Å². The average molecular weight is 180 g/mol. The molecule has 0 unspecified atom stereocenters. The third-order valence-electron chi connectivity index (χ3n) is 2.21. The molecule has 1 aliphatic rings. The summed E-state index contributed by atoms with van der Waals surface area (Å²) >= 11 is 0. The molecular weight excluding hydrogens is 166 g/mol. The molecule has 0 aromatic carbocycles. The molecule has 1 fully saturated rings. The summed E-state index contributed by atoms with van der Waals surface area (Å²) in [5.41, 5.74) is 0. The topological polar surface area (TPSA) is 47.3 Å². The van der Waals surface area contributed by atoms with Gasteiger partial charge in [0.05, 0.1) is 0 Å². The monoisotopic (exact) mass is 180 g/mol. The highest BCUT2D eigenvalue weighted by atomic mass is 19.3. The summed E-state index contributed by atoms with van der Waals surface area (Å²) in [6, 6.07) is 0. The largest absolute Gasteiger partial charge is 0.317 e. The van der Waals surface area contributed by atoms with E-state index in [1.165, 1.54) is 0 Å². The zero-order chi connectivity index (χ0) is 9.03. The number of rotatable bonds is 3. The predicted molar refractivity (Wildman–Crippen MR) is 40.7 cm³/mol. The number of halogens is 2. The second-order valence-corrected chi connectivity index (χ2v) is 3.10. The van der Waals surface area contributed by atoms with Crippen LogP contribution in [0.25, 0.3) is 0 Å². The zero-order valence-electron chi connectivity index (χ0n) is 6.85. The maximum absolute atomic E-state index is 13.1. The van der Waals surface area contributed by atoms with Crippen LogP contribution in [0, 0.1) is 5.92 Å². The molecule has 0 atom stereocenters. The van der Waals surface area contributed by atoms with Crippen LogP contribution >= 0.6 is 0 Å². The van der Waals surface area contributed by atoms with E-state index in [9.17, 15) is 8.78 Å². The van der Waals surface area contributed by atoms with Gasteiger partial charge in [-0.2, -0.15) is 0 Å². The van der Waals surface area contributed by atoms with Gasteiger partial charge < -0.3 is 5.32 Å².